The molecular formula is C17H21BrFNO2. The molecule has 0 atom stereocenters. The number of halogens is 2. The lowest BCUT2D eigenvalue weighted by molar-refractivity contribution is 0.0237. The highest BCUT2D eigenvalue weighted by molar-refractivity contribution is 9.10. The normalized spacial score (nSPS) is 15.7. The van der Waals surface area contributed by atoms with E-state index in [0.717, 1.165) is 18.4 Å². The van der Waals surface area contributed by atoms with Crippen LogP contribution in [0.5, 0.6) is 0 Å². The van der Waals surface area contributed by atoms with E-state index in [1.54, 1.807) is 17.0 Å². The van der Waals surface area contributed by atoms with Crippen molar-refractivity contribution < 1.29 is 13.9 Å². The summed E-state index contributed by atoms with van der Waals surface area (Å²) in [4.78, 5) is 13.7. The van der Waals surface area contributed by atoms with Crippen LogP contribution in [-0.2, 0) is 4.74 Å². The van der Waals surface area contributed by atoms with Gasteiger partial charge in [0.15, 0.2) is 0 Å². The summed E-state index contributed by atoms with van der Waals surface area (Å²) in [5.41, 5.74) is 1.76. The first-order chi connectivity index (χ1) is 10.2. The molecule has 0 radical (unpaired) electrons. The molecule has 1 amide bonds. The molecule has 5 heteroatoms. The molecule has 0 spiro atoms. The van der Waals surface area contributed by atoms with Crippen molar-refractivity contribution in [3.05, 3.63) is 39.6 Å². The molecule has 0 aromatic heterocycles. The van der Waals surface area contributed by atoms with E-state index in [1.807, 2.05) is 20.8 Å². The molecule has 0 N–H and O–H groups in total. The third kappa shape index (κ3) is 4.83. The second-order valence-electron chi connectivity index (χ2n) is 6.44. The Morgan fingerprint density at radius 2 is 1.95 bits per heavy atom. The molecule has 0 bridgehead atoms. The highest BCUT2D eigenvalue weighted by Gasteiger charge is 2.24. The summed E-state index contributed by atoms with van der Waals surface area (Å²) in [5.74, 6) is -0.262. The van der Waals surface area contributed by atoms with Gasteiger partial charge in [0.25, 0.3) is 0 Å². The predicted molar refractivity (Wildman–Crippen MR) is 89.1 cm³/mol. The summed E-state index contributed by atoms with van der Waals surface area (Å²) in [5, 5.41) is 0. The van der Waals surface area contributed by atoms with Crippen molar-refractivity contribution in [1.82, 2.24) is 4.90 Å². The van der Waals surface area contributed by atoms with Crippen molar-refractivity contribution in [2.75, 3.05) is 13.1 Å². The lowest BCUT2D eigenvalue weighted by Crippen LogP contribution is -2.40. The number of piperidine rings is 1. The summed E-state index contributed by atoms with van der Waals surface area (Å²) in [6, 6.07) is 4.97. The highest BCUT2D eigenvalue weighted by atomic mass is 79.9. The summed E-state index contributed by atoms with van der Waals surface area (Å²) in [6.07, 6.45) is 3.44. The van der Waals surface area contributed by atoms with Crippen molar-refractivity contribution in [1.29, 1.82) is 0 Å². The number of benzene rings is 1. The zero-order valence-corrected chi connectivity index (χ0v) is 14.7. The van der Waals surface area contributed by atoms with Gasteiger partial charge in [-0.05, 0) is 67.2 Å². The highest BCUT2D eigenvalue weighted by Crippen LogP contribution is 2.23. The van der Waals surface area contributed by atoms with Gasteiger partial charge in [-0.3, -0.25) is 0 Å². The van der Waals surface area contributed by atoms with E-state index in [2.05, 4.69) is 22.0 Å². The molecule has 120 valence electrons. The van der Waals surface area contributed by atoms with Gasteiger partial charge in [-0.2, -0.15) is 0 Å². The fraction of sp³-hybridized carbons (Fsp3) is 0.471. The first kappa shape index (κ1) is 17.0. The Hall–Kier alpha value is -1.36. The molecule has 1 aliphatic rings. The number of hydrogen-bond donors (Lipinski definition) is 0. The third-order valence-electron chi connectivity index (χ3n) is 3.37. The largest absolute Gasteiger partial charge is 0.444 e. The van der Waals surface area contributed by atoms with Crippen LogP contribution in [0.2, 0.25) is 0 Å². The number of rotatable bonds is 1. The maximum atomic E-state index is 13.2. The fourth-order valence-electron chi connectivity index (χ4n) is 2.29. The molecule has 3 nitrogen and oxygen atoms in total. The van der Waals surface area contributed by atoms with E-state index in [-0.39, 0.29) is 11.9 Å². The summed E-state index contributed by atoms with van der Waals surface area (Å²) in [7, 11) is 0. The van der Waals surface area contributed by atoms with Gasteiger partial charge in [-0.25, -0.2) is 9.18 Å². The SMILES string of the molecule is CC(C)(C)OC(=O)N1CCC(=Cc2ccc(F)c(Br)c2)CC1. The first-order valence-corrected chi connectivity index (χ1v) is 8.16. The van der Waals surface area contributed by atoms with Crippen LogP contribution in [-0.4, -0.2) is 29.7 Å². The van der Waals surface area contributed by atoms with Crippen molar-refractivity contribution in [3.63, 3.8) is 0 Å². The lowest BCUT2D eigenvalue weighted by atomic mass is 10.0. The van der Waals surface area contributed by atoms with Gasteiger partial charge in [0.1, 0.15) is 11.4 Å². The lowest BCUT2D eigenvalue weighted by Gasteiger charge is -2.31. The molecule has 1 fully saturated rings. The molecule has 1 aliphatic heterocycles. The number of ether oxygens (including phenoxy) is 1. The Balaban J connectivity index is 1.95. The zero-order chi connectivity index (χ0) is 16.3. The predicted octanol–water partition coefficient (Wildman–Crippen LogP) is 5.00. The van der Waals surface area contributed by atoms with Crippen LogP contribution in [0.4, 0.5) is 9.18 Å². The van der Waals surface area contributed by atoms with Crippen LogP contribution in [0.25, 0.3) is 6.08 Å². The average Bonchev–Trinajstić information content (AvgIpc) is 2.42. The molecule has 1 aromatic carbocycles. The summed E-state index contributed by atoms with van der Waals surface area (Å²) in [6.45, 7) is 6.91. The van der Waals surface area contributed by atoms with Gasteiger partial charge in [-0.1, -0.05) is 17.7 Å². The smallest absolute Gasteiger partial charge is 0.410 e. The Bertz CT molecular complexity index is 583. The minimum atomic E-state index is -0.465. The van der Waals surface area contributed by atoms with E-state index < -0.39 is 5.60 Å². The standard InChI is InChI=1S/C17H21BrFNO2/c1-17(2,3)22-16(21)20-8-6-12(7-9-20)10-13-4-5-15(19)14(18)11-13/h4-5,10-11H,6-9H2,1-3H3. The number of likely N-dealkylation sites (tertiary alicyclic amines) is 1. The monoisotopic (exact) mass is 369 g/mol. The second-order valence-corrected chi connectivity index (χ2v) is 7.30. The summed E-state index contributed by atoms with van der Waals surface area (Å²) >= 11 is 3.19. The molecule has 2 rings (SSSR count). The quantitative estimate of drug-likeness (QED) is 0.696. The molecule has 0 saturated carbocycles. The van der Waals surface area contributed by atoms with Crippen LogP contribution in [0.3, 0.4) is 0 Å². The van der Waals surface area contributed by atoms with Gasteiger partial charge in [0.05, 0.1) is 4.47 Å². The zero-order valence-electron chi connectivity index (χ0n) is 13.2. The van der Waals surface area contributed by atoms with Crippen LogP contribution >= 0.6 is 15.9 Å². The fourth-order valence-corrected chi connectivity index (χ4v) is 2.68. The number of amides is 1. The minimum Gasteiger partial charge on any atom is -0.444 e. The maximum absolute atomic E-state index is 13.2. The van der Waals surface area contributed by atoms with Crippen molar-refractivity contribution in [2.45, 2.75) is 39.2 Å². The van der Waals surface area contributed by atoms with E-state index in [4.69, 9.17) is 4.74 Å². The molecule has 1 aromatic rings. The number of hydrogen-bond acceptors (Lipinski definition) is 2. The van der Waals surface area contributed by atoms with Crippen molar-refractivity contribution in [2.24, 2.45) is 0 Å². The van der Waals surface area contributed by atoms with Crippen LogP contribution < -0.4 is 0 Å². The number of carbonyl (C=O) groups excluding carboxylic acids is 1. The van der Waals surface area contributed by atoms with Crippen LogP contribution in [0.15, 0.2) is 28.2 Å². The Morgan fingerprint density at radius 1 is 1.32 bits per heavy atom. The van der Waals surface area contributed by atoms with Gasteiger partial charge in [-0.15, -0.1) is 0 Å². The average molecular weight is 370 g/mol. The second kappa shape index (κ2) is 6.82. The topological polar surface area (TPSA) is 29.5 Å². The Kier molecular flexibility index (Phi) is 5.27. The van der Waals surface area contributed by atoms with Gasteiger partial charge >= 0.3 is 6.09 Å². The first-order valence-electron chi connectivity index (χ1n) is 7.37. The summed E-state index contributed by atoms with van der Waals surface area (Å²) < 4.78 is 19.1. The molecule has 1 saturated heterocycles. The van der Waals surface area contributed by atoms with Gasteiger partial charge in [0, 0.05) is 13.1 Å². The van der Waals surface area contributed by atoms with E-state index in [1.165, 1.54) is 11.6 Å². The molecule has 0 unspecified atom stereocenters. The van der Waals surface area contributed by atoms with Gasteiger partial charge in [0.2, 0.25) is 0 Å². The number of carbonyl (C=O) groups is 1. The molecule has 0 aliphatic carbocycles. The van der Waals surface area contributed by atoms with E-state index in [0.29, 0.717) is 17.6 Å². The van der Waals surface area contributed by atoms with Crippen LogP contribution in [0, 0.1) is 5.82 Å². The van der Waals surface area contributed by atoms with Crippen molar-refractivity contribution in [3.8, 4) is 0 Å². The van der Waals surface area contributed by atoms with Crippen LogP contribution in [0.1, 0.15) is 39.2 Å². The van der Waals surface area contributed by atoms with E-state index in [9.17, 15) is 9.18 Å². The van der Waals surface area contributed by atoms with E-state index >= 15 is 0 Å². The minimum absolute atomic E-state index is 0.254. The van der Waals surface area contributed by atoms with Crippen molar-refractivity contribution >= 4 is 28.1 Å². The molecule has 22 heavy (non-hydrogen) atoms. The molecular weight excluding hydrogens is 349 g/mol. The molecule has 1 heterocycles. The Morgan fingerprint density at radius 3 is 2.50 bits per heavy atom. The Labute approximate surface area is 139 Å². The maximum Gasteiger partial charge on any atom is 0.410 e. The third-order valence-corrected chi connectivity index (χ3v) is 3.98. The van der Waals surface area contributed by atoms with Gasteiger partial charge < -0.3 is 9.64 Å². The number of nitrogens with zero attached hydrogens (tertiary/aromatic N) is 1.